The van der Waals surface area contributed by atoms with Gasteiger partial charge in [0, 0.05) is 17.8 Å². The topological polar surface area (TPSA) is 56.7 Å². The van der Waals surface area contributed by atoms with Gasteiger partial charge < -0.3 is 5.73 Å². The number of hydrogen-bond acceptors (Lipinski definition) is 3. The normalized spacial score (nSPS) is 21.6. The van der Waals surface area contributed by atoms with Crippen LogP contribution in [0.5, 0.6) is 0 Å². The summed E-state index contributed by atoms with van der Waals surface area (Å²) in [6.45, 7) is 4.51. The molecule has 0 spiro atoms. The van der Waals surface area contributed by atoms with Crippen molar-refractivity contribution < 1.29 is 0 Å². The number of pyridine rings is 1. The third-order valence-corrected chi connectivity index (χ3v) is 3.59. The molecule has 4 heteroatoms. The summed E-state index contributed by atoms with van der Waals surface area (Å²) in [6.07, 6.45) is 5.68. The van der Waals surface area contributed by atoms with Gasteiger partial charge in [0.25, 0.3) is 0 Å². The van der Waals surface area contributed by atoms with Gasteiger partial charge in [0.1, 0.15) is 0 Å². The molecule has 0 unspecified atom stereocenters. The highest BCUT2D eigenvalue weighted by Gasteiger charge is 2.33. The Hall–Kier alpha value is -1.68. The maximum Gasteiger partial charge on any atom is 0.153 e. The van der Waals surface area contributed by atoms with Crippen LogP contribution in [0, 0.1) is 5.41 Å². The molecule has 0 amide bonds. The van der Waals surface area contributed by atoms with Crippen LogP contribution in [0.15, 0.2) is 30.6 Å². The fourth-order valence-corrected chi connectivity index (χ4v) is 2.78. The molecule has 18 heavy (non-hydrogen) atoms. The predicted octanol–water partition coefficient (Wildman–Crippen LogP) is 2.24. The van der Waals surface area contributed by atoms with Gasteiger partial charge in [-0.05, 0) is 30.4 Å². The monoisotopic (exact) mass is 242 g/mol. The van der Waals surface area contributed by atoms with Crippen LogP contribution >= 0.6 is 0 Å². The first kappa shape index (κ1) is 11.4. The molecule has 0 aromatic carbocycles. The van der Waals surface area contributed by atoms with Crippen LogP contribution in [-0.4, -0.2) is 14.8 Å². The minimum atomic E-state index is 0.0845. The highest BCUT2D eigenvalue weighted by molar-refractivity contribution is 5.33. The summed E-state index contributed by atoms with van der Waals surface area (Å²) in [7, 11) is 0. The van der Waals surface area contributed by atoms with Gasteiger partial charge in [0.2, 0.25) is 0 Å². The summed E-state index contributed by atoms with van der Waals surface area (Å²) >= 11 is 0. The van der Waals surface area contributed by atoms with Crippen LogP contribution in [0.25, 0.3) is 5.82 Å². The molecular formula is C14H18N4. The third-order valence-electron chi connectivity index (χ3n) is 3.59. The summed E-state index contributed by atoms with van der Waals surface area (Å²) in [4.78, 5) is 4.36. The fraction of sp³-hybridized carbons (Fsp3) is 0.429. The number of rotatable bonds is 1. The van der Waals surface area contributed by atoms with E-state index in [9.17, 15) is 0 Å². The van der Waals surface area contributed by atoms with E-state index in [4.69, 9.17) is 5.73 Å². The van der Waals surface area contributed by atoms with Crippen LogP contribution in [0.1, 0.15) is 37.6 Å². The Labute approximate surface area is 107 Å². The number of aromatic nitrogens is 3. The van der Waals surface area contributed by atoms with E-state index < -0.39 is 0 Å². The van der Waals surface area contributed by atoms with Gasteiger partial charge in [-0.1, -0.05) is 19.9 Å². The Morgan fingerprint density at radius 2 is 2.22 bits per heavy atom. The first-order valence-corrected chi connectivity index (χ1v) is 6.31. The van der Waals surface area contributed by atoms with E-state index in [0.717, 1.165) is 18.7 Å². The molecule has 2 aromatic heterocycles. The molecule has 2 heterocycles. The lowest BCUT2D eigenvalue weighted by Crippen LogP contribution is -2.30. The quantitative estimate of drug-likeness (QED) is 0.834. The predicted molar refractivity (Wildman–Crippen MR) is 70.4 cm³/mol. The van der Waals surface area contributed by atoms with Crippen LogP contribution in [0.2, 0.25) is 0 Å². The molecule has 1 aliphatic carbocycles. The molecule has 0 aliphatic heterocycles. The van der Waals surface area contributed by atoms with E-state index >= 15 is 0 Å². The molecule has 2 N–H and O–H groups in total. The van der Waals surface area contributed by atoms with Crippen LogP contribution < -0.4 is 5.73 Å². The molecule has 2 aromatic rings. The highest BCUT2D eigenvalue weighted by Crippen LogP contribution is 2.39. The van der Waals surface area contributed by atoms with Crippen LogP contribution in [-0.2, 0) is 6.42 Å². The zero-order valence-corrected chi connectivity index (χ0v) is 10.8. The molecule has 4 nitrogen and oxygen atoms in total. The third kappa shape index (κ3) is 1.82. The lowest BCUT2D eigenvalue weighted by atomic mass is 9.75. The standard InChI is InChI=1S/C14H18N4/c1-14(2)7-11(15)10-9-17-18(12(10)8-14)13-5-3-4-6-16-13/h3-6,9,11H,7-8,15H2,1-2H3/t11-/m1/s1. The van der Waals surface area contributed by atoms with E-state index in [1.54, 1.807) is 6.20 Å². The number of fused-ring (bicyclic) bond motifs is 1. The smallest absolute Gasteiger partial charge is 0.153 e. The average molecular weight is 242 g/mol. The minimum absolute atomic E-state index is 0.0845. The molecule has 3 rings (SSSR count). The van der Waals surface area contributed by atoms with Crippen molar-refractivity contribution in [3.63, 3.8) is 0 Å². The van der Waals surface area contributed by atoms with Gasteiger partial charge in [0.05, 0.1) is 11.9 Å². The van der Waals surface area contributed by atoms with Gasteiger partial charge >= 0.3 is 0 Å². The largest absolute Gasteiger partial charge is 0.324 e. The molecule has 1 aliphatic rings. The van der Waals surface area contributed by atoms with Gasteiger partial charge in [-0.2, -0.15) is 5.10 Å². The Bertz CT molecular complexity index is 556. The van der Waals surface area contributed by atoms with Gasteiger partial charge in [-0.3, -0.25) is 0 Å². The molecule has 0 bridgehead atoms. The number of nitrogens with zero attached hydrogens (tertiary/aromatic N) is 3. The fourth-order valence-electron chi connectivity index (χ4n) is 2.78. The molecule has 0 fully saturated rings. The first-order valence-electron chi connectivity index (χ1n) is 6.31. The van der Waals surface area contributed by atoms with Crippen molar-refractivity contribution in [2.75, 3.05) is 0 Å². The van der Waals surface area contributed by atoms with Crippen molar-refractivity contribution in [1.82, 2.24) is 14.8 Å². The van der Waals surface area contributed by atoms with E-state index in [1.807, 2.05) is 29.1 Å². The second kappa shape index (κ2) is 3.92. The molecule has 0 radical (unpaired) electrons. The second-order valence-corrected chi connectivity index (χ2v) is 5.80. The average Bonchev–Trinajstić information content (AvgIpc) is 2.72. The van der Waals surface area contributed by atoms with Crippen molar-refractivity contribution >= 4 is 0 Å². The summed E-state index contributed by atoms with van der Waals surface area (Å²) in [5.41, 5.74) is 8.83. The van der Waals surface area contributed by atoms with Crippen molar-refractivity contribution in [3.8, 4) is 5.82 Å². The van der Waals surface area contributed by atoms with Gasteiger partial charge in [0.15, 0.2) is 5.82 Å². The maximum atomic E-state index is 6.24. The lowest BCUT2D eigenvalue weighted by Gasteiger charge is -2.33. The summed E-state index contributed by atoms with van der Waals surface area (Å²) in [5.74, 6) is 0.864. The van der Waals surface area contributed by atoms with Crippen molar-refractivity contribution in [2.24, 2.45) is 11.1 Å². The maximum absolute atomic E-state index is 6.24. The zero-order chi connectivity index (χ0) is 12.8. The molecule has 1 atom stereocenters. The molecule has 0 saturated carbocycles. The first-order chi connectivity index (χ1) is 8.57. The van der Waals surface area contributed by atoms with E-state index in [0.29, 0.717) is 0 Å². The van der Waals surface area contributed by atoms with E-state index in [1.165, 1.54) is 11.3 Å². The molecule has 94 valence electrons. The Kier molecular flexibility index (Phi) is 2.48. The van der Waals surface area contributed by atoms with E-state index in [-0.39, 0.29) is 11.5 Å². The lowest BCUT2D eigenvalue weighted by molar-refractivity contribution is 0.277. The van der Waals surface area contributed by atoms with Gasteiger partial charge in [-0.25, -0.2) is 9.67 Å². The van der Waals surface area contributed by atoms with Gasteiger partial charge in [-0.15, -0.1) is 0 Å². The Morgan fingerprint density at radius 1 is 1.39 bits per heavy atom. The number of nitrogens with two attached hydrogens (primary N) is 1. The zero-order valence-electron chi connectivity index (χ0n) is 10.8. The Morgan fingerprint density at radius 3 is 2.94 bits per heavy atom. The second-order valence-electron chi connectivity index (χ2n) is 5.80. The summed E-state index contributed by atoms with van der Waals surface area (Å²) < 4.78 is 1.93. The van der Waals surface area contributed by atoms with Crippen molar-refractivity contribution in [3.05, 3.63) is 41.9 Å². The number of hydrogen-bond donors (Lipinski definition) is 1. The molecule has 0 saturated heterocycles. The van der Waals surface area contributed by atoms with Crippen molar-refractivity contribution in [2.45, 2.75) is 32.7 Å². The Balaban J connectivity index is 2.10. The van der Waals surface area contributed by atoms with Crippen LogP contribution in [0.3, 0.4) is 0 Å². The highest BCUT2D eigenvalue weighted by atomic mass is 15.3. The van der Waals surface area contributed by atoms with Crippen molar-refractivity contribution in [1.29, 1.82) is 0 Å². The minimum Gasteiger partial charge on any atom is -0.324 e. The summed E-state index contributed by atoms with van der Waals surface area (Å²) in [6, 6.07) is 5.95. The molecular weight excluding hydrogens is 224 g/mol. The van der Waals surface area contributed by atoms with E-state index in [2.05, 4.69) is 23.9 Å². The SMILES string of the molecule is CC1(C)Cc2c(cnn2-c2ccccn2)[C@H](N)C1. The summed E-state index contributed by atoms with van der Waals surface area (Å²) in [5, 5.41) is 4.46. The van der Waals surface area contributed by atoms with Crippen LogP contribution in [0.4, 0.5) is 0 Å².